The van der Waals surface area contributed by atoms with Gasteiger partial charge in [-0.1, -0.05) is 26.7 Å². The molecule has 0 aromatic rings. The van der Waals surface area contributed by atoms with Crippen LogP contribution in [0.3, 0.4) is 0 Å². The Morgan fingerprint density at radius 1 is 1.11 bits per heavy atom. The minimum Gasteiger partial charge on any atom is -0.481 e. The lowest BCUT2D eigenvalue weighted by molar-refractivity contribution is -0.150. The van der Waals surface area contributed by atoms with Crippen LogP contribution in [0.1, 0.15) is 39.5 Å². The number of carbonyl (C=O) groups is 1. The molecular weight excluding hydrogens is 240 g/mol. The lowest BCUT2D eigenvalue weighted by Crippen LogP contribution is -2.51. The van der Waals surface area contributed by atoms with Crippen LogP contribution in [0.15, 0.2) is 0 Å². The first-order valence-corrected chi connectivity index (χ1v) is 7.70. The Morgan fingerprint density at radius 3 is 2.11 bits per heavy atom. The molecule has 0 aromatic carbocycles. The zero-order chi connectivity index (χ0) is 13.9. The van der Waals surface area contributed by atoms with Crippen molar-refractivity contribution in [2.45, 2.75) is 39.5 Å². The molecule has 0 unspecified atom stereocenters. The van der Waals surface area contributed by atoms with Gasteiger partial charge in [-0.05, 0) is 18.8 Å². The van der Waals surface area contributed by atoms with Crippen LogP contribution in [0.25, 0.3) is 0 Å². The molecule has 1 heterocycles. The predicted octanol–water partition coefficient (Wildman–Crippen LogP) is 1.90. The molecule has 110 valence electrons. The molecule has 0 aromatic heterocycles. The Labute approximate surface area is 116 Å². The van der Waals surface area contributed by atoms with E-state index in [2.05, 4.69) is 23.6 Å². The molecule has 0 radical (unpaired) electrons. The standard InChI is InChI=1S/C15H28N2O2/c1-13(2)11-16-7-9-17(10-8-16)12-15(14(18)19)5-3-4-6-15/h13H,3-12H2,1-2H3,(H,18,19). The zero-order valence-corrected chi connectivity index (χ0v) is 12.4. The lowest BCUT2D eigenvalue weighted by atomic mass is 9.85. The zero-order valence-electron chi connectivity index (χ0n) is 12.4. The number of carboxylic acids is 1. The SMILES string of the molecule is CC(C)CN1CCN(CC2(C(=O)O)CCCC2)CC1. The molecule has 2 aliphatic rings. The van der Waals surface area contributed by atoms with Crippen LogP contribution in [0, 0.1) is 11.3 Å². The summed E-state index contributed by atoms with van der Waals surface area (Å²) in [7, 11) is 0. The van der Waals surface area contributed by atoms with Gasteiger partial charge < -0.3 is 10.0 Å². The molecule has 1 saturated heterocycles. The maximum Gasteiger partial charge on any atom is 0.310 e. The number of piperazine rings is 1. The molecule has 0 atom stereocenters. The molecule has 4 nitrogen and oxygen atoms in total. The number of nitrogens with zero attached hydrogens (tertiary/aromatic N) is 2. The van der Waals surface area contributed by atoms with Crippen LogP contribution < -0.4 is 0 Å². The molecule has 1 N–H and O–H groups in total. The average Bonchev–Trinajstić information content (AvgIpc) is 2.81. The van der Waals surface area contributed by atoms with Crippen molar-refractivity contribution in [2.75, 3.05) is 39.3 Å². The third-order valence-corrected chi connectivity index (χ3v) is 4.63. The second-order valence-electron chi connectivity index (χ2n) is 6.76. The van der Waals surface area contributed by atoms with Crippen molar-refractivity contribution in [3.63, 3.8) is 0 Å². The van der Waals surface area contributed by atoms with E-state index in [1.807, 2.05) is 0 Å². The van der Waals surface area contributed by atoms with Gasteiger partial charge in [-0.2, -0.15) is 0 Å². The van der Waals surface area contributed by atoms with Crippen LogP contribution in [0.2, 0.25) is 0 Å². The Balaban J connectivity index is 1.83. The van der Waals surface area contributed by atoms with Gasteiger partial charge in [0.25, 0.3) is 0 Å². The van der Waals surface area contributed by atoms with Crippen LogP contribution in [0.4, 0.5) is 0 Å². The summed E-state index contributed by atoms with van der Waals surface area (Å²) < 4.78 is 0. The highest BCUT2D eigenvalue weighted by atomic mass is 16.4. The minimum atomic E-state index is -0.574. The smallest absolute Gasteiger partial charge is 0.310 e. The van der Waals surface area contributed by atoms with Crippen molar-refractivity contribution in [1.29, 1.82) is 0 Å². The fourth-order valence-electron chi connectivity index (χ4n) is 3.57. The van der Waals surface area contributed by atoms with Gasteiger partial charge in [0.2, 0.25) is 0 Å². The predicted molar refractivity (Wildman–Crippen MR) is 76.3 cm³/mol. The summed E-state index contributed by atoms with van der Waals surface area (Å²) in [5.41, 5.74) is -0.444. The number of hydrogen-bond acceptors (Lipinski definition) is 3. The Hall–Kier alpha value is -0.610. The first-order chi connectivity index (χ1) is 9.02. The monoisotopic (exact) mass is 268 g/mol. The fourth-order valence-corrected chi connectivity index (χ4v) is 3.57. The summed E-state index contributed by atoms with van der Waals surface area (Å²) in [5.74, 6) is 0.140. The molecule has 4 heteroatoms. The van der Waals surface area contributed by atoms with Gasteiger partial charge in [-0.25, -0.2) is 0 Å². The molecule has 0 spiro atoms. The maximum absolute atomic E-state index is 11.6. The first-order valence-electron chi connectivity index (χ1n) is 7.70. The van der Waals surface area contributed by atoms with Gasteiger partial charge >= 0.3 is 5.97 Å². The highest BCUT2D eigenvalue weighted by molar-refractivity contribution is 5.75. The highest BCUT2D eigenvalue weighted by Gasteiger charge is 2.42. The normalized spacial score (nSPS) is 25.0. The lowest BCUT2D eigenvalue weighted by Gasteiger charge is -2.39. The Morgan fingerprint density at radius 2 is 1.63 bits per heavy atom. The molecular formula is C15H28N2O2. The topological polar surface area (TPSA) is 43.8 Å². The van der Waals surface area contributed by atoms with Gasteiger partial charge in [-0.3, -0.25) is 9.69 Å². The molecule has 1 aliphatic heterocycles. The van der Waals surface area contributed by atoms with Gasteiger partial charge in [0, 0.05) is 39.3 Å². The van der Waals surface area contributed by atoms with E-state index in [1.165, 1.54) is 0 Å². The van der Waals surface area contributed by atoms with Crippen molar-refractivity contribution < 1.29 is 9.90 Å². The molecule has 2 fully saturated rings. The molecule has 0 amide bonds. The number of rotatable bonds is 5. The van der Waals surface area contributed by atoms with Crippen molar-refractivity contribution in [3.05, 3.63) is 0 Å². The number of aliphatic carboxylic acids is 1. The minimum absolute atomic E-state index is 0.444. The van der Waals surface area contributed by atoms with Crippen LogP contribution in [-0.2, 0) is 4.79 Å². The highest BCUT2D eigenvalue weighted by Crippen LogP contribution is 2.39. The summed E-state index contributed by atoms with van der Waals surface area (Å²) in [6.45, 7) is 10.7. The largest absolute Gasteiger partial charge is 0.481 e. The first kappa shape index (κ1) is 14.8. The van der Waals surface area contributed by atoms with Crippen LogP contribution in [0.5, 0.6) is 0 Å². The third-order valence-electron chi connectivity index (χ3n) is 4.63. The van der Waals surface area contributed by atoms with Crippen LogP contribution >= 0.6 is 0 Å². The summed E-state index contributed by atoms with van der Waals surface area (Å²) in [5, 5.41) is 9.53. The molecule has 0 bridgehead atoms. The van der Waals surface area contributed by atoms with E-state index in [1.54, 1.807) is 0 Å². The quantitative estimate of drug-likeness (QED) is 0.827. The molecule has 1 aliphatic carbocycles. The van der Waals surface area contributed by atoms with E-state index in [0.717, 1.165) is 65.0 Å². The van der Waals surface area contributed by atoms with E-state index >= 15 is 0 Å². The van der Waals surface area contributed by atoms with Crippen molar-refractivity contribution in [3.8, 4) is 0 Å². The average molecular weight is 268 g/mol. The van der Waals surface area contributed by atoms with E-state index in [0.29, 0.717) is 5.92 Å². The second-order valence-corrected chi connectivity index (χ2v) is 6.76. The Bertz CT molecular complexity index is 303. The maximum atomic E-state index is 11.6. The van der Waals surface area contributed by atoms with Crippen molar-refractivity contribution in [1.82, 2.24) is 9.80 Å². The van der Waals surface area contributed by atoms with Gasteiger partial charge in [0.15, 0.2) is 0 Å². The van der Waals surface area contributed by atoms with Gasteiger partial charge in [-0.15, -0.1) is 0 Å². The summed E-state index contributed by atoms with van der Waals surface area (Å²) in [6.07, 6.45) is 3.91. The Kier molecular flexibility index (Phi) is 4.85. The van der Waals surface area contributed by atoms with E-state index in [9.17, 15) is 9.90 Å². The molecule has 2 rings (SSSR count). The molecule has 1 saturated carbocycles. The molecule has 19 heavy (non-hydrogen) atoms. The van der Waals surface area contributed by atoms with E-state index in [4.69, 9.17) is 0 Å². The van der Waals surface area contributed by atoms with Crippen LogP contribution in [-0.4, -0.2) is 60.1 Å². The third kappa shape index (κ3) is 3.69. The summed E-state index contributed by atoms with van der Waals surface area (Å²) in [4.78, 5) is 16.4. The van der Waals surface area contributed by atoms with E-state index < -0.39 is 11.4 Å². The summed E-state index contributed by atoms with van der Waals surface area (Å²) in [6, 6.07) is 0. The van der Waals surface area contributed by atoms with Gasteiger partial charge in [0.05, 0.1) is 5.41 Å². The summed E-state index contributed by atoms with van der Waals surface area (Å²) >= 11 is 0. The second kappa shape index (κ2) is 6.23. The number of hydrogen-bond donors (Lipinski definition) is 1. The number of carboxylic acid groups (broad SMARTS) is 1. The van der Waals surface area contributed by atoms with Crippen molar-refractivity contribution >= 4 is 5.97 Å². The van der Waals surface area contributed by atoms with Crippen molar-refractivity contribution in [2.24, 2.45) is 11.3 Å². The van der Waals surface area contributed by atoms with E-state index in [-0.39, 0.29) is 0 Å². The van der Waals surface area contributed by atoms with Gasteiger partial charge in [0.1, 0.15) is 0 Å². The fraction of sp³-hybridized carbons (Fsp3) is 0.933.